The van der Waals surface area contributed by atoms with Gasteiger partial charge >= 0.3 is 0 Å². The Balaban J connectivity index is 4.09. The van der Waals surface area contributed by atoms with Crippen LogP contribution in [0, 0.1) is 0 Å². The number of methoxy groups -OCH3 is 3. The van der Waals surface area contributed by atoms with E-state index in [1.165, 1.54) is 0 Å². The number of thiol groups is 1. The van der Waals surface area contributed by atoms with E-state index in [2.05, 4.69) is 19.6 Å². The van der Waals surface area contributed by atoms with Crippen LogP contribution in [0.4, 0.5) is 0 Å². The van der Waals surface area contributed by atoms with Gasteiger partial charge in [-0.2, -0.15) is 12.6 Å². The quantitative estimate of drug-likeness (QED) is 0.390. The van der Waals surface area contributed by atoms with Gasteiger partial charge in [0.25, 0.3) is 0 Å². The van der Waals surface area contributed by atoms with Crippen molar-refractivity contribution in [2.24, 2.45) is 0 Å². The summed E-state index contributed by atoms with van der Waals surface area (Å²) in [5, 5.41) is 0. The molecule has 12 heavy (non-hydrogen) atoms. The second kappa shape index (κ2) is 5.99. The van der Waals surface area contributed by atoms with Crippen LogP contribution in [0.15, 0.2) is 0 Å². The molecule has 1 atom stereocenters. The molecule has 0 aromatic heterocycles. The van der Waals surface area contributed by atoms with Gasteiger partial charge in [-0.3, -0.25) is 0 Å². The summed E-state index contributed by atoms with van der Waals surface area (Å²) in [5.74, 6) is 0. The highest BCUT2D eigenvalue weighted by Crippen LogP contribution is 2.14. The second-order valence-corrected chi connectivity index (χ2v) is 6.24. The molecule has 0 aliphatic rings. The Morgan fingerprint density at radius 2 is 1.67 bits per heavy atom. The van der Waals surface area contributed by atoms with Crippen molar-refractivity contribution in [3.63, 3.8) is 0 Å². The Labute approximate surface area is 82.0 Å². The van der Waals surface area contributed by atoms with E-state index >= 15 is 0 Å². The van der Waals surface area contributed by atoms with E-state index in [-0.39, 0.29) is 0 Å². The minimum absolute atomic E-state index is 0.366. The fraction of sp³-hybridized carbons (Fsp3) is 1.00. The summed E-state index contributed by atoms with van der Waals surface area (Å²) < 4.78 is 15.5. The van der Waals surface area contributed by atoms with Gasteiger partial charge in [0.05, 0.1) is 0 Å². The molecule has 0 aliphatic carbocycles. The summed E-state index contributed by atoms with van der Waals surface area (Å²) in [5.41, 5.74) is -0.789. The molecule has 0 spiro atoms. The molecule has 3 nitrogen and oxygen atoms in total. The predicted octanol–water partition coefficient (Wildman–Crippen LogP) is 0.372. The minimum atomic E-state index is -0.789. The summed E-state index contributed by atoms with van der Waals surface area (Å²) in [4.78, 5) is 0.366. The summed E-state index contributed by atoms with van der Waals surface area (Å²) in [6.45, 7) is 2.09. The van der Waals surface area contributed by atoms with Crippen LogP contribution in [-0.4, -0.2) is 41.3 Å². The first-order valence-electron chi connectivity index (χ1n) is 3.97. The zero-order valence-electron chi connectivity index (χ0n) is 8.16. The number of hydrogen-bond donors (Lipinski definition) is 1. The summed E-state index contributed by atoms with van der Waals surface area (Å²) in [7, 11) is 4.12. The van der Waals surface area contributed by atoms with E-state index in [4.69, 9.17) is 14.2 Å². The molecule has 0 aromatic rings. The molecule has 0 aromatic carbocycles. The van der Waals surface area contributed by atoms with Crippen LogP contribution in [0.3, 0.4) is 0 Å². The maximum atomic E-state index is 5.18. The van der Waals surface area contributed by atoms with Gasteiger partial charge in [-0.15, -0.1) is 0 Å². The first-order valence-corrected chi connectivity index (χ1v) is 6.01. The lowest BCUT2D eigenvalue weighted by atomic mass is 10.6. The Bertz CT molecular complexity index is 111. The van der Waals surface area contributed by atoms with Gasteiger partial charge in [-0.1, -0.05) is 6.92 Å². The third-order valence-corrected chi connectivity index (χ3v) is 5.22. The molecule has 0 bridgehead atoms. The van der Waals surface area contributed by atoms with Crippen LogP contribution < -0.4 is 0 Å². The van der Waals surface area contributed by atoms with E-state index in [1.807, 2.05) is 0 Å². The summed E-state index contributed by atoms with van der Waals surface area (Å²) in [6, 6.07) is 0. The Morgan fingerprint density at radius 3 is 1.92 bits per heavy atom. The molecule has 0 amide bonds. The SMILES string of the molecule is CCC(S)[SiH2]C(OC)(OC)OC. The Kier molecular flexibility index (Phi) is 6.21. The molecular formula is C7H18O3SSi. The lowest BCUT2D eigenvalue weighted by molar-refractivity contribution is -0.295. The average molecular weight is 210 g/mol. The summed E-state index contributed by atoms with van der Waals surface area (Å²) >= 11 is 4.41. The fourth-order valence-electron chi connectivity index (χ4n) is 0.933. The van der Waals surface area contributed by atoms with E-state index in [0.29, 0.717) is 4.87 Å². The lowest BCUT2D eigenvalue weighted by Gasteiger charge is -2.30. The van der Waals surface area contributed by atoms with Crippen LogP contribution in [0.1, 0.15) is 13.3 Å². The van der Waals surface area contributed by atoms with Gasteiger partial charge in [-0.05, 0) is 11.3 Å². The predicted molar refractivity (Wildman–Crippen MR) is 55.4 cm³/mol. The third-order valence-electron chi connectivity index (χ3n) is 1.89. The highest BCUT2D eigenvalue weighted by molar-refractivity contribution is 7.82. The largest absolute Gasteiger partial charge is 0.335 e. The van der Waals surface area contributed by atoms with E-state index in [0.717, 1.165) is 6.42 Å². The van der Waals surface area contributed by atoms with Crippen molar-refractivity contribution >= 4 is 22.1 Å². The van der Waals surface area contributed by atoms with E-state index in [9.17, 15) is 0 Å². The molecule has 0 saturated carbocycles. The van der Waals surface area contributed by atoms with Crippen LogP contribution in [-0.2, 0) is 14.2 Å². The molecule has 0 aliphatic heterocycles. The number of hydrogen-bond acceptors (Lipinski definition) is 4. The van der Waals surface area contributed by atoms with Crippen molar-refractivity contribution in [2.45, 2.75) is 23.8 Å². The Hall–Kier alpha value is 0.447. The number of ether oxygens (including phenoxy) is 3. The average Bonchev–Trinajstić information content (AvgIpc) is 2.14. The summed E-state index contributed by atoms with van der Waals surface area (Å²) in [6.07, 6.45) is 1.02. The second-order valence-electron chi connectivity index (χ2n) is 2.56. The van der Waals surface area contributed by atoms with Crippen LogP contribution in [0.2, 0.25) is 0 Å². The van der Waals surface area contributed by atoms with E-state index < -0.39 is 15.1 Å². The van der Waals surface area contributed by atoms with Gasteiger partial charge in [0.2, 0.25) is 5.60 Å². The van der Waals surface area contributed by atoms with Crippen LogP contribution in [0.25, 0.3) is 0 Å². The van der Waals surface area contributed by atoms with Crippen molar-refractivity contribution in [3.8, 4) is 0 Å². The normalized spacial score (nSPS) is 15.8. The van der Waals surface area contributed by atoms with Crippen molar-refractivity contribution in [2.75, 3.05) is 21.3 Å². The van der Waals surface area contributed by atoms with Gasteiger partial charge in [0.15, 0.2) is 0 Å². The zero-order chi connectivity index (χ0) is 9.61. The molecule has 5 heteroatoms. The van der Waals surface area contributed by atoms with Gasteiger partial charge in [0.1, 0.15) is 9.52 Å². The first kappa shape index (κ1) is 12.4. The molecule has 74 valence electrons. The van der Waals surface area contributed by atoms with Crippen molar-refractivity contribution in [3.05, 3.63) is 0 Å². The van der Waals surface area contributed by atoms with Crippen molar-refractivity contribution in [1.29, 1.82) is 0 Å². The van der Waals surface area contributed by atoms with Crippen LogP contribution in [0.5, 0.6) is 0 Å². The molecule has 0 N–H and O–H groups in total. The lowest BCUT2D eigenvalue weighted by Crippen LogP contribution is -2.46. The molecule has 1 unspecified atom stereocenters. The van der Waals surface area contributed by atoms with Gasteiger partial charge < -0.3 is 14.2 Å². The highest BCUT2D eigenvalue weighted by atomic mass is 32.1. The molecular weight excluding hydrogens is 192 g/mol. The van der Waals surface area contributed by atoms with Crippen molar-refractivity contribution in [1.82, 2.24) is 0 Å². The zero-order valence-corrected chi connectivity index (χ0v) is 10.5. The molecule has 0 fully saturated rings. The maximum absolute atomic E-state index is 5.18. The van der Waals surface area contributed by atoms with Gasteiger partial charge in [0, 0.05) is 21.3 Å². The minimum Gasteiger partial charge on any atom is -0.335 e. The molecule has 0 heterocycles. The maximum Gasteiger partial charge on any atom is 0.249 e. The molecule has 0 rings (SSSR count). The smallest absolute Gasteiger partial charge is 0.249 e. The number of rotatable bonds is 6. The third kappa shape index (κ3) is 3.45. The van der Waals surface area contributed by atoms with Crippen LogP contribution >= 0.6 is 12.6 Å². The first-order chi connectivity index (χ1) is 5.64. The fourth-order valence-corrected chi connectivity index (χ4v) is 2.97. The molecule has 0 radical (unpaired) electrons. The van der Waals surface area contributed by atoms with Gasteiger partial charge in [-0.25, -0.2) is 0 Å². The molecule has 0 saturated heterocycles. The van der Waals surface area contributed by atoms with Crippen molar-refractivity contribution < 1.29 is 14.2 Å². The Morgan fingerprint density at radius 1 is 1.25 bits per heavy atom. The highest BCUT2D eigenvalue weighted by Gasteiger charge is 2.31. The topological polar surface area (TPSA) is 27.7 Å². The standard InChI is InChI=1S/C7H18O3SSi/c1-5-6(11)12-7(8-2,9-3)10-4/h6,11H,5,12H2,1-4H3. The monoisotopic (exact) mass is 210 g/mol. The van der Waals surface area contributed by atoms with E-state index in [1.54, 1.807) is 21.3 Å².